The van der Waals surface area contributed by atoms with Crippen molar-refractivity contribution in [1.82, 2.24) is 0 Å². The first-order chi connectivity index (χ1) is 9.54. The Labute approximate surface area is 155 Å². The van der Waals surface area contributed by atoms with Gasteiger partial charge in [0, 0.05) is 11.9 Å². The van der Waals surface area contributed by atoms with E-state index in [-0.39, 0.29) is 50.6 Å². The standard InChI is InChI=1S/2C7H12O3.Ca/c2*8-6-4-2-1-3-5-7(9)10;/h2*4,6,8H,1-3,5H2,(H,9,10);/q;;+2/p-2. The molecular weight excluding hydrogens is 304 g/mol. The molecule has 0 aliphatic heterocycles. The number of aliphatic hydroxyl groups excluding tert-OH is 2. The van der Waals surface area contributed by atoms with Gasteiger partial charge in [0.05, 0.1) is 12.5 Å². The molecule has 0 amide bonds. The summed E-state index contributed by atoms with van der Waals surface area (Å²) in [5, 5.41) is 36.0. The van der Waals surface area contributed by atoms with Gasteiger partial charge in [0.15, 0.2) is 0 Å². The fourth-order valence-corrected chi connectivity index (χ4v) is 1.21. The molecule has 0 aromatic heterocycles. The van der Waals surface area contributed by atoms with Crippen LogP contribution in [0.15, 0.2) is 24.7 Å². The minimum Gasteiger partial charge on any atom is -0.550 e. The van der Waals surface area contributed by atoms with E-state index in [4.69, 9.17) is 10.2 Å². The average molecular weight is 326 g/mol. The van der Waals surface area contributed by atoms with Gasteiger partial charge in [-0.3, -0.25) is 0 Å². The summed E-state index contributed by atoms with van der Waals surface area (Å²) >= 11 is 0. The normalized spacial score (nSPS) is 9.90. The van der Waals surface area contributed by atoms with Gasteiger partial charge < -0.3 is 30.0 Å². The molecule has 116 valence electrons. The van der Waals surface area contributed by atoms with Gasteiger partial charge in [0.25, 0.3) is 0 Å². The third-order valence-corrected chi connectivity index (χ3v) is 2.21. The second-order valence-electron chi connectivity index (χ2n) is 4.01. The van der Waals surface area contributed by atoms with E-state index in [1.807, 2.05) is 0 Å². The number of carbonyl (C=O) groups is 2. The summed E-state index contributed by atoms with van der Waals surface area (Å²) in [6.45, 7) is 0. The summed E-state index contributed by atoms with van der Waals surface area (Å²) in [7, 11) is 0. The van der Waals surface area contributed by atoms with Crippen LogP contribution in [-0.4, -0.2) is 59.9 Å². The van der Waals surface area contributed by atoms with Gasteiger partial charge in [-0.05, 0) is 51.4 Å². The quantitative estimate of drug-likeness (QED) is 0.339. The molecule has 0 bridgehead atoms. The number of carboxylic acid groups (broad SMARTS) is 2. The smallest absolute Gasteiger partial charge is 0.550 e. The number of carbonyl (C=O) groups excluding carboxylic acids is 2. The van der Waals surface area contributed by atoms with Crippen LogP contribution in [0.25, 0.3) is 0 Å². The molecule has 0 atom stereocenters. The van der Waals surface area contributed by atoms with Gasteiger partial charge in [-0.2, -0.15) is 0 Å². The molecule has 6 nitrogen and oxygen atoms in total. The van der Waals surface area contributed by atoms with Crippen molar-refractivity contribution in [2.75, 3.05) is 0 Å². The fraction of sp³-hybridized carbons (Fsp3) is 0.571. The number of unbranched alkanes of at least 4 members (excludes halogenated alkanes) is 4. The Hall–Kier alpha value is -0.720. The Morgan fingerprint density at radius 2 is 1.10 bits per heavy atom. The second kappa shape index (κ2) is 21.6. The zero-order valence-corrected chi connectivity index (χ0v) is 14.4. The van der Waals surface area contributed by atoms with Crippen molar-refractivity contribution in [1.29, 1.82) is 0 Å². The molecule has 0 heterocycles. The summed E-state index contributed by atoms with van der Waals surface area (Å²) < 4.78 is 0. The van der Waals surface area contributed by atoms with Crippen LogP contribution in [0.1, 0.15) is 51.4 Å². The van der Waals surface area contributed by atoms with Gasteiger partial charge in [-0.1, -0.05) is 12.2 Å². The number of rotatable bonds is 10. The Morgan fingerprint density at radius 1 is 0.762 bits per heavy atom. The summed E-state index contributed by atoms with van der Waals surface area (Å²) in [5.41, 5.74) is 0. The Bertz CT molecular complexity index is 272. The molecule has 21 heavy (non-hydrogen) atoms. The van der Waals surface area contributed by atoms with E-state index in [9.17, 15) is 19.8 Å². The van der Waals surface area contributed by atoms with Crippen molar-refractivity contribution in [2.24, 2.45) is 0 Å². The number of hydrogen-bond acceptors (Lipinski definition) is 6. The van der Waals surface area contributed by atoms with Crippen LogP contribution < -0.4 is 10.2 Å². The maximum absolute atomic E-state index is 9.85. The minimum absolute atomic E-state index is 0. The number of aliphatic carboxylic acids is 2. The van der Waals surface area contributed by atoms with Crippen LogP contribution in [0.2, 0.25) is 0 Å². The minimum atomic E-state index is -1.01. The first kappa shape index (κ1) is 25.2. The largest absolute Gasteiger partial charge is 2.00 e. The van der Waals surface area contributed by atoms with E-state index in [0.717, 1.165) is 38.2 Å². The molecule has 0 aromatic rings. The van der Waals surface area contributed by atoms with Crippen molar-refractivity contribution in [3.8, 4) is 0 Å². The van der Waals surface area contributed by atoms with E-state index in [1.165, 1.54) is 0 Å². The number of aliphatic hydroxyl groups is 2. The number of carboxylic acids is 2. The zero-order chi connectivity index (χ0) is 15.6. The molecule has 0 aliphatic rings. The van der Waals surface area contributed by atoms with E-state index < -0.39 is 11.9 Å². The SMILES string of the molecule is O=C([O-])CCCCC=CO.O=C([O-])CCCCC=CO.[Ca+2]. The van der Waals surface area contributed by atoms with Crippen LogP contribution in [-0.2, 0) is 9.59 Å². The van der Waals surface area contributed by atoms with Crippen LogP contribution in [0, 0.1) is 0 Å². The summed E-state index contributed by atoms with van der Waals surface area (Å²) in [5.74, 6) is -2.01. The zero-order valence-electron chi connectivity index (χ0n) is 12.2. The van der Waals surface area contributed by atoms with Gasteiger partial charge in [-0.15, -0.1) is 0 Å². The van der Waals surface area contributed by atoms with Crippen LogP contribution in [0.4, 0.5) is 0 Å². The Kier molecular flexibility index (Phi) is 25.9. The molecule has 0 saturated heterocycles. The van der Waals surface area contributed by atoms with Gasteiger partial charge >= 0.3 is 37.7 Å². The molecule has 0 unspecified atom stereocenters. The Balaban J connectivity index is -0.000000295. The summed E-state index contributed by atoms with van der Waals surface area (Å²) in [4.78, 5) is 19.7. The predicted octanol–water partition coefficient (Wildman–Crippen LogP) is 0.356. The van der Waals surface area contributed by atoms with Crippen molar-refractivity contribution in [2.45, 2.75) is 51.4 Å². The molecule has 0 aliphatic carbocycles. The van der Waals surface area contributed by atoms with Crippen LogP contribution >= 0.6 is 0 Å². The number of hydrogen-bond donors (Lipinski definition) is 2. The van der Waals surface area contributed by atoms with Crippen molar-refractivity contribution < 1.29 is 30.0 Å². The molecule has 2 N–H and O–H groups in total. The Morgan fingerprint density at radius 3 is 1.33 bits per heavy atom. The van der Waals surface area contributed by atoms with Crippen molar-refractivity contribution in [3.63, 3.8) is 0 Å². The molecule has 0 aromatic carbocycles. The van der Waals surface area contributed by atoms with Gasteiger partial charge in [0.2, 0.25) is 0 Å². The fourth-order valence-electron chi connectivity index (χ4n) is 1.21. The second-order valence-corrected chi connectivity index (χ2v) is 4.01. The van der Waals surface area contributed by atoms with Crippen molar-refractivity contribution >= 4 is 49.7 Å². The maximum Gasteiger partial charge on any atom is 2.00 e. The molecule has 0 fully saturated rings. The first-order valence-electron chi connectivity index (χ1n) is 6.52. The van der Waals surface area contributed by atoms with Crippen LogP contribution in [0.3, 0.4) is 0 Å². The average Bonchev–Trinajstić information content (AvgIpc) is 2.38. The van der Waals surface area contributed by atoms with Crippen LogP contribution in [0.5, 0.6) is 0 Å². The molecule has 0 rings (SSSR count). The number of allylic oxidation sites excluding steroid dienone is 2. The summed E-state index contributed by atoms with van der Waals surface area (Å²) in [6.07, 6.45) is 9.60. The molecule has 0 radical (unpaired) electrons. The topological polar surface area (TPSA) is 121 Å². The molecule has 0 spiro atoms. The summed E-state index contributed by atoms with van der Waals surface area (Å²) in [6, 6.07) is 0. The maximum atomic E-state index is 9.85. The van der Waals surface area contributed by atoms with E-state index in [0.29, 0.717) is 12.8 Å². The molecule has 7 heteroatoms. The first-order valence-corrected chi connectivity index (χ1v) is 6.52. The third kappa shape index (κ3) is 32.6. The van der Waals surface area contributed by atoms with Gasteiger partial charge in [-0.25, -0.2) is 0 Å². The van der Waals surface area contributed by atoms with Crippen molar-refractivity contribution in [3.05, 3.63) is 24.7 Å². The third-order valence-electron chi connectivity index (χ3n) is 2.21. The van der Waals surface area contributed by atoms with E-state index in [2.05, 4.69) is 0 Å². The molecule has 0 saturated carbocycles. The molecular formula is C14H22CaO6. The van der Waals surface area contributed by atoms with E-state index >= 15 is 0 Å². The van der Waals surface area contributed by atoms with E-state index in [1.54, 1.807) is 12.2 Å². The predicted molar refractivity (Wildman–Crippen MR) is 76.2 cm³/mol. The van der Waals surface area contributed by atoms with Gasteiger partial charge in [0.1, 0.15) is 0 Å². The monoisotopic (exact) mass is 326 g/mol.